The normalized spacial score (nSPS) is 11.2. The van der Waals surface area contributed by atoms with Crippen LogP contribution in [0.2, 0.25) is 5.02 Å². The van der Waals surface area contributed by atoms with Crippen molar-refractivity contribution in [3.8, 4) is 5.75 Å². The number of fused-ring (bicyclic) bond motifs is 2. The van der Waals surface area contributed by atoms with Crippen molar-refractivity contribution in [1.82, 2.24) is 4.57 Å². The fourth-order valence-corrected chi connectivity index (χ4v) is 3.85. The summed E-state index contributed by atoms with van der Waals surface area (Å²) in [7, 11) is 1.71. The molecule has 3 nitrogen and oxygen atoms in total. The standard InChI is InChI=1S/C22H17Cl2NO2/c1-25-20(12-23)21(19-11-16(24)9-10-18(19)22(25)26)27-13-15-7-4-6-14-5-2-3-8-17(14)15/h2-11H,12-13H2,1H3. The Morgan fingerprint density at radius 1 is 0.963 bits per heavy atom. The number of nitrogens with zero attached hydrogens (tertiary/aromatic N) is 1. The highest BCUT2D eigenvalue weighted by Gasteiger charge is 2.16. The van der Waals surface area contributed by atoms with Crippen LogP contribution in [0, 0.1) is 0 Å². The second-order valence-corrected chi connectivity index (χ2v) is 7.09. The molecule has 0 saturated carbocycles. The van der Waals surface area contributed by atoms with E-state index in [2.05, 4.69) is 18.2 Å². The van der Waals surface area contributed by atoms with Gasteiger partial charge in [-0.25, -0.2) is 0 Å². The second-order valence-electron chi connectivity index (χ2n) is 6.39. The van der Waals surface area contributed by atoms with Crippen LogP contribution in [0.1, 0.15) is 11.3 Å². The summed E-state index contributed by atoms with van der Waals surface area (Å²) in [5.74, 6) is 0.761. The Kier molecular flexibility index (Phi) is 4.81. The lowest BCUT2D eigenvalue weighted by Crippen LogP contribution is -2.21. The van der Waals surface area contributed by atoms with E-state index < -0.39 is 0 Å². The first-order valence-electron chi connectivity index (χ1n) is 8.56. The van der Waals surface area contributed by atoms with Crippen LogP contribution in [0.3, 0.4) is 0 Å². The molecule has 0 N–H and O–H groups in total. The third kappa shape index (κ3) is 3.18. The van der Waals surface area contributed by atoms with Gasteiger partial charge in [0.25, 0.3) is 5.56 Å². The number of ether oxygens (including phenoxy) is 1. The minimum atomic E-state index is -0.116. The average molecular weight is 398 g/mol. The summed E-state index contributed by atoms with van der Waals surface area (Å²) < 4.78 is 7.77. The fraction of sp³-hybridized carbons (Fsp3) is 0.136. The van der Waals surface area contributed by atoms with E-state index in [0.29, 0.717) is 33.8 Å². The van der Waals surface area contributed by atoms with Gasteiger partial charge in [0.15, 0.2) is 0 Å². The van der Waals surface area contributed by atoms with Gasteiger partial charge < -0.3 is 9.30 Å². The molecule has 0 radical (unpaired) electrons. The van der Waals surface area contributed by atoms with Gasteiger partial charge in [-0.05, 0) is 34.5 Å². The van der Waals surface area contributed by atoms with Crippen molar-refractivity contribution in [1.29, 1.82) is 0 Å². The fourth-order valence-electron chi connectivity index (χ4n) is 3.38. The Labute approximate surface area is 166 Å². The van der Waals surface area contributed by atoms with E-state index in [1.165, 1.54) is 0 Å². The number of aromatic nitrogens is 1. The summed E-state index contributed by atoms with van der Waals surface area (Å²) in [5.41, 5.74) is 1.59. The first-order chi connectivity index (χ1) is 13.1. The van der Waals surface area contributed by atoms with Gasteiger partial charge in [0.05, 0.1) is 17.0 Å². The zero-order valence-electron chi connectivity index (χ0n) is 14.7. The Bertz CT molecular complexity index is 1210. The van der Waals surface area contributed by atoms with Crippen LogP contribution in [0.25, 0.3) is 21.5 Å². The third-order valence-electron chi connectivity index (χ3n) is 4.81. The van der Waals surface area contributed by atoms with Gasteiger partial charge in [-0.1, -0.05) is 54.1 Å². The number of benzene rings is 3. The summed E-state index contributed by atoms with van der Waals surface area (Å²) in [6.45, 7) is 0.366. The lowest BCUT2D eigenvalue weighted by Gasteiger charge is -2.17. The van der Waals surface area contributed by atoms with Gasteiger partial charge in [-0.3, -0.25) is 4.79 Å². The van der Waals surface area contributed by atoms with Crippen LogP contribution in [0.5, 0.6) is 5.75 Å². The zero-order chi connectivity index (χ0) is 19.0. The molecule has 4 rings (SSSR count). The Hall–Kier alpha value is -2.49. The molecule has 0 bridgehead atoms. The zero-order valence-corrected chi connectivity index (χ0v) is 16.2. The minimum absolute atomic E-state index is 0.116. The van der Waals surface area contributed by atoms with E-state index in [4.69, 9.17) is 27.9 Å². The van der Waals surface area contributed by atoms with Gasteiger partial charge >= 0.3 is 0 Å². The van der Waals surface area contributed by atoms with E-state index in [-0.39, 0.29) is 11.4 Å². The lowest BCUT2D eigenvalue weighted by molar-refractivity contribution is 0.305. The van der Waals surface area contributed by atoms with E-state index in [1.807, 2.05) is 24.3 Å². The first-order valence-corrected chi connectivity index (χ1v) is 9.48. The molecular weight excluding hydrogens is 381 g/mol. The topological polar surface area (TPSA) is 31.2 Å². The van der Waals surface area contributed by atoms with Gasteiger partial charge in [0.1, 0.15) is 12.4 Å². The number of alkyl halides is 1. The van der Waals surface area contributed by atoms with Crippen LogP contribution in [0.15, 0.2) is 65.5 Å². The van der Waals surface area contributed by atoms with Crippen molar-refractivity contribution in [3.05, 3.63) is 87.3 Å². The third-order valence-corrected chi connectivity index (χ3v) is 5.30. The van der Waals surface area contributed by atoms with Crippen LogP contribution in [-0.2, 0) is 19.5 Å². The van der Waals surface area contributed by atoms with Crippen molar-refractivity contribution >= 4 is 44.7 Å². The van der Waals surface area contributed by atoms with E-state index >= 15 is 0 Å². The molecule has 0 aliphatic carbocycles. The number of rotatable bonds is 4. The van der Waals surface area contributed by atoms with Crippen LogP contribution in [0.4, 0.5) is 0 Å². The molecule has 1 heterocycles. The molecule has 0 aliphatic heterocycles. The molecule has 0 amide bonds. The number of hydrogen-bond donors (Lipinski definition) is 0. The Balaban J connectivity index is 1.85. The summed E-state index contributed by atoms with van der Waals surface area (Å²) in [6, 6.07) is 19.5. The molecule has 0 aliphatic rings. The molecule has 0 fully saturated rings. The largest absolute Gasteiger partial charge is 0.486 e. The van der Waals surface area contributed by atoms with Crippen molar-refractivity contribution in [2.24, 2.45) is 7.05 Å². The smallest absolute Gasteiger partial charge is 0.258 e. The molecule has 0 unspecified atom stereocenters. The molecule has 3 aromatic carbocycles. The number of hydrogen-bond acceptors (Lipinski definition) is 2. The van der Waals surface area contributed by atoms with Gasteiger partial charge in [-0.15, -0.1) is 11.6 Å². The van der Waals surface area contributed by atoms with E-state index in [9.17, 15) is 4.79 Å². The van der Waals surface area contributed by atoms with Gasteiger partial charge in [-0.2, -0.15) is 0 Å². The van der Waals surface area contributed by atoms with Gasteiger partial charge in [0, 0.05) is 17.5 Å². The highest BCUT2D eigenvalue weighted by atomic mass is 35.5. The molecule has 27 heavy (non-hydrogen) atoms. The molecule has 0 saturated heterocycles. The summed E-state index contributed by atoms with van der Waals surface area (Å²) in [4.78, 5) is 12.6. The summed E-state index contributed by atoms with van der Waals surface area (Å²) in [6.07, 6.45) is 0. The molecule has 136 valence electrons. The van der Waals surface area contributed by atoms with Crippen molar-refractivity contribution in [2.75, 3.05) is 0 Å². The monoisotopic (exact) mass is 397 g/mol. The highest BCUT2D eigenvalue weighted by Crippen LogP contribution is 2.32. The minimum Gasteiger partial charge on any atom is -0.486 e. The SMILES string of the molecule is Cn1c(CCl)c(OCc2cccc3ccccc23)c2cc(Cl)ccc2c1=O. The van der Waals surface area contributed by atoms with Crippen LogP contribution < -0.4 is 10.3 Å². The van der Waals surface area contributed by atoms with Gasteiger partial charge in [0.2, 0.25) is 0 Å². The highest BCUT2D eigenvalue weighted by molar-refractivity contribution is 6.31. The van der Waals surface area contributed by atoms with E-state index in [0.717, 1.165) is 16.3 Å². The maximum atomic E-state index is 12.6. The van der Waals surface area contributed by atoms with Crippen LogP contribution in [-0.4, -0.2) is 4.57 Å². The van der Waals surface area contributed by atoms with Crippen molar-refractivity contribution < 1.29 is 4.74 Å². The summed E-state index contributed by atoms with van der Waals surface area (Å²) in [5, 5.41) is 4.08. The number of pyridine rings is 1. The maximum absolute atomic E-state index is 12.6. The molecule has 1 aromatic heterocycles. The number of halogens is 2. The predicted octanol–water partition coefficient (Wildman–Crippen LogP) is 5.66. The second kappa shape index (κ2) is 7.26. The van der Waals surface area contributed by atoms with Crippen LogP contribution >= 0.6 is 23.2 Å². The molecule has 4 aromatic rings. The lowest BCUT2D eigenvalue weighted by atomic mass is 10.1. The molecular formula is C22H17Cl2NO2. The average Bonchev–Trinajstić information content (AvgIpc) is 2.69. The predicted molar refractivity (Wildman–Crippen MR) is 112 cm³/mol. The molecule has 0 atom stereocenters. The summed E-state index contributed by atoms with van der Waals surface area (Å²) >= 11 is 12.3. The van der Waals surface area contributed by atoms with E-state index in [1.54, 1.807) is 29.8 Å². The molecule has 0 spiro atoms. The quantitative estimate of drug-likeness (QED) is 0.415. The van der Waals surface area contributed by atoms with Crippen molar-refractivity contribution in [2.45, 2.75) is 12.5 Å². The maximum Gasteiger partial charge on any atom is 0.258 e. The first kappa shape index (κ1) is 17.9. The Morgan fingerprint density at radius 3 is 2.56 bits per heavy atom. The van der Waals surface area contributed by atoms with Crippen molar-refractivity contribution in [3.63, 3.8) is 0 Å². The molecule has 5 heteroatoms. The Morgan fingerprint density at radius 2 is 1.74 bits per heavy atom.